The van der Waals surface area contributed by atoms with Gasteiger partial charge in [-0.25, -0.2) is 4.79 Å². The minimum atomic E-state index is -0.183. The Morgan fingerprint density at radius 2 is 2.22 bits per heavy atom. The third-order valence-electron chi connectivity index (χ3n) is 2.34. The van der Waals surface area contributed by atoms with Crippen molar-refractivity contribution in [3.05, 3.63) is 29.3 Å². The number of benzene rings is 1. The number of amides is 2. The Balaban J connectivity index is 2.69. The number of nitrogens with two attached hydrogens (primary N) is 1. The van der Waals surface area contributed by atoms with Crippen molar-refractivity contribution in [3.63, 3.8) is 0 Å². The van der Waals surface area contributed by atoms with Gasteiger partial charge in [-0.15, -0.1) is 0 Å². The summed E-state index contributed by atoms with van der Waals surface area (Å²) < 4.78 is 0. The molecule has 0 bridgehead atoms. The number of nitrogens with one attached hydrogen (secondary N) is 2. The van der Waals surface area contributed by atoms with Crippen LogP contribution in [0.5, 0.6) is 0 Å². The van der Waals surface area contributed by atoms with E-state index in [1.807, 2.05) is 32.0 Å². The number of anilines is 1. The van der Waals surface area contributed by atoms with Crippen LogP contribution >= 0.6 is 0 Å². The monoisotopic (exact) mass is 245 g/mol. The molecule has 4 heteroatoms. The number of carbonyl (C=O) groups excluding carboxylic acids is 1. The standard InChI is InChI=1S/C14H19N3O/c1-3-9-16-14(18)17-13-7-6-12(5-4-8-15)11(2)10-13/h6-7,10H,3,8-9,15H2,1-2H3,(H2,16,17,18). The Kier molecular flexibility index (Phi) is 5.75. The average molecular weight is 245 g/mol. The van der Waals surface area contributed by atoms with Crippen LogP contribution in [0.2, 0.25) is 0 Å². The maximum Gasteiger partial charge on any atom is 0.319 e. The summed E-state index contributed by atoms with van der Waals surface area (Å²) in [4.78, 5) is 11.5. The molecular weight excluding hydrogens is 226 g/mol. The highest BCUT2D eigenvalue weighted by Gasteiger charge is 2.02. The Labute approximate surface area is 108 Å². The van der Waals surface area contributed by atoms with Crippen molar-refractivity contribution in [2.24, 2.45) is 5.73 Å². The van der Waals surface area contributed by atoms with Gasteiger partial charge in [-0.05, 0) is 37.1 Å². The minimum Gasteiger partial charge on any atom is -0.338 e. The van der Waals surface area contributed by atoms with Crippen molar-refractivity contribution in [1.82, 2.24) is 5.32 Å². The SMILES string of the molecule is CCCNC(=O)Nc1ccc(C#CCN)c(C)c1. The van der Waals surface area contributed by atoms with Gasteiger partial charge in [0.1, 0.15) is 0 Å². The maximum absolute atomic E-state index is 11.5. The van der Waals surface area contributed by atoms with Crippen molar-refractivity contribution in [2.75, 3.05) is 18.4 Å². The first kappa shape index (κ1) is 14.1. The first-order valence-corrected chi connectivity index (χ1v) is 6.01. The molecule has 18 heavy (non-hydrogen) atoms. The van der Waals surface area contributed by atoms with Crippen LogP contribution in [0, 0.1) is 18.8 Å². The lowest BCUT2D eigenvalue weighted by molar-refractivity contribution is 0.252. The van der Waals surface area contributed by atoms with Crippen LogP contribution in [0.15, 0.2) is 18.2 Å². The highest BCUT2D eigenvalue weighted by Crippen LogP contribution is 2.14. The van der Waals surface area contributed by atoms with E-state index in [9.17, 15) is 4.79 Å². The Bertz CT molecular complexity index is 472. The van der Waals surface area contributed by atoms with E-state index in [0.29, 0.717) is 13.1 Å². The van der Waals surface area contributed by atoms with Gasteiger partial charge in [0, 0.05) is 17.8 Å². The molecule has 0 fully saturated rings. The molecule has 0 heterocycles. The predicted molar refractivity (Wildman–Crippen MR) is 74.4 cm³/mol. The number of carbonyl (C=O) groups is 1. The highest BCUT2D eigenvalue weighted by molar-refractivity contribution is 5.89. The topological polar surface area (TPSA) is 67.2 Å². The zero-order valence-electron chi connectivity index (χ0n) is 10.8. The molecule has 0 radical (unpaired) electrons. The van der Waals surface area contributed by atoms with Gasteiger partial charge in [0.2, 0.25) is 0 Å². The third-order valence-corrected chi connectivity index (χ3v) is 2.34. The fraction of sp³-hybridized carbons (Fsp3) is 0.357. The lowest BCUT2D eigenvalue weighted by Crippen LogP contribution is -2.29. The van der Waals surface area contributed by atoms with Crippen LogP contribution in [0.4, 0.5) is 10.5 Å². The summed E-state index contributed by atoms with van der Waals surface area (Å²) in [5, 5.41) is 5.53. The second kappa shape index (κ2) is 7.36. The van der Waals surface area contributed by atoms with Crippen LogP contribution in [0.25, 0.3) is 0 Å². The molecule has 0 aliphatic heterocycles. The maximum atomic E-state index is 11.5. The molecule has 0 spiro atoms. The van der Waals surface area contributed by atoms with Crippen LogP contribution in [-0.2, 0) is 0 Å². The van der Waals surface area contributed by atoms with Gasteiger partial charge < -0.3 is 16.4 Å². The summed E-state index contributed by atoms with van der Waals surface area (Å²) in [7, 11) is 0. The molecule has 2 amide bonds. The quantitative estimate of drug-likeness (QED) is 0.711. The van der Waals surface area contributed by atoms with E-state index in [0.717, 1.165) is 23.2 Å². The van der Waals surface area contributed by atoms with E-state index in [4.69, 9.17) is 5.73 Å². The highest BCUT2D eigenvalue weighted by atomic mass is 16.2. The number of urea groups is 1. The second-order valence-electron chi connectivity index (χ2n) is 3.92. The average Bonchev–Trinajstić information content (AvgIpc) is 2.35. The van der Waals surface area contributed by atoms with Gasteiger partial charge in [0.15, 0.2) is 0 Å². The van der Waals surface area contributed by atoms with E-state index in [-0.39, 0.29) is 6.03 Å². The molecule has 1 aromatic carbocycles. The molecule has 0 aliphatic rings. The lowest BCUT2D eigenvalue weighted by atomic mass is 10.1. The molecule has 96 valence electrons. The normalized spacial score (nSPS) is 9.28. The van der Waals surface area contributed by atoms with Gasteiger partial charge in [-0.2, -0.15) is 0 Å². The smallest absolute Gasteiger partial charge is 0.319 e. The molecule has 4 nitrogen and oxygen atoms in total. The van der Waals surface area contributed by atoms with E-state index >= 15 is 0 Å². The van der Waals surface area contributed by atoms with Gasteiger partial charge in [0.25, 0.3) is 0 Å². The van der Waals surface area contributed by atoms with Gasteiger partial charge >= 0.3 is 6.03 Å². The molecule has 1 rings (SSSR count). The van der Waals surface area contributed by atoms with Gasteiger partial charge in [-0.1, -0.05) is 18.8 Å². The van der Waals surface area contributed by atoms with Crippen LogP contribution in [-0.4, -0.2) is 19.1 Å². The number of hydrogen-bond acceptors (Lipinski definition) is 2. The summed E-state index contributed by atoms with van der Waals surface area (Å²) in [6.45, 7) is 4.98. The Morgan fingerprint density at radius 1 is 1.44 bits per heavy atom. The van der Waals surface area contributed by atoms with Crippen molar-refractivity contribution < 1.29 is 4.79 Å². The first-order valence-electron chi connectivity index (χ1n) is 6.01. The fourth-order valence-corrected chi connectivity index (χ4v) is 1.44. The van der Waals surface area contributed by atoms with Crippen molar-refractivity contribution in [2.45, 2.75) is 20.3 Å². The van der Waals surface area contributed by atoms with Gasteiger partial charge in [-0.3, -0.25) is 0 Å². The molecule has 0 saturated carbocycles. The molecule has 0 aliphatic carbocycles. The van der Waals surface area contributed by atoms with Crippen molar-refractivity contribution in [3.8, 4) is 11.8 Å². The molecule has 4 N–H and O–H groups in total. The summed E-state index contributed by atoms with van der Waals surface area (Å²) >= 11 is 0. The third kappa shape index (κ3) is 4.48. The molecular formula is C14H19N3O. The summed E-state index contributed by atoms with van der Waals surface area (Å²) in [6.07, 6.45) is 0.917. The zero-order chi connectivity index (χ0) is 13.4. The minimum absolute atomic E-state index is 0.183. The molecule has 0 unspecified atom stereocenters. The second-order valence-corrected chi connectivity index (χ2v) is 3.92. The molecule has 1 aromatic rings. The fourth-order valence-electron chi connectivity index (χ4n) is 1.44. The Morgan fingerprint density at radius 3 is 2.83 bits per heavy atom. The number of aryl methyl sites for hydroxylation is 1. The van der Waals surface area contributed by atoms with E-state index in [2.05, 4.69) is 22.5 Å². The van der Waals surface area contributed by atoms with E-state index < -0.39 is 0 Å². The predicted octanol–water partition coefficient (Wildman–Crippen LogP) is 1.84. The molecule has 0 saturated heterocycles. The van der Waals surface area contributed by atoms with Crippen LogP contribution < -0.4 is 16.4 Å². The summed E-state index contributed by atoms with van der Waals surface area (Å²) in [6, 6.07) is 5.43. The number of rotatable bonds is 3. The van der Waals surface area contributed by atoms with E-state index in [1.165, 1.54) is 0 Å². The van der Waals surface area contributed by atoms with Gasteiger partial charge in [0.05, 0.1) is 6.54 Å². The van der Waals surface area contributed by atoms with Crippen LogP contribution in [0.1, 0.15) is 24.5 Å². The molecule has 0 atom stereocenters. The van der Waals surface area contributed by atoms with Crippen molar-refractivity contribution >= 4 is 11.7 Å². The molecule has 0 aromatic heterocycles. The summed E-state index contributed by atoms with van der Waals surface area (Å²) in [5.41, 5.74) is 8.04. The van der Waals surface area contributed by atoms with Crippen LogP contribution in [0.3, 0.4) is 0 Å². The Hall–Kier alpha value is -1.99. The lowest BCUT2D eigenvalue weighted by Gasteiger charge is -2.08. The van der Waals surface area contributed by atoms with Crippen molar-refractivity contribution in [1.29, 1.82) is 0 Å². The zero-order valence-corrected chi connectivity index (χ0v) is 10.8. The largest absolute Gasteiger partial charge is 0.338 e. The number of hydrogen-bond donors (Lipinski definition) is 3. The summed E-state index contributed by atoms with van der Waals surface area (Å²) in [5.74, 6) is 5.80. The van der Waals surface area contributed by atoms with E-state index in [1.54, 1.807) is 0 Å². The first-order chi connectivity index (χ1) is 8.67.